The summed E-state index contributed by atoms with van der Waals surface area (Å²) in [5.74, 6) is 0.952. The molecule has 0 saturated heterocycles. The summed E-state index contributed by atoms with van der Waals surface area (Å²) in [5, 5.41) is 0. The molecule has 56 valence electrons. The van der Waals surface area contributed by atoms with Crippen LogP contribution in [0.2, 0.25) is 0 Å². The molecule has 0 radical (unpaired) electrons. The zero-order chi connectivity index (χ0) is 7.33. The maximum absolute atomic E-state index is 5.73. The molecule has 4 heteroatoms. The van der Waals surface area contributed by atoms with Crippen LogP contribution < -0.4 is 0 Å². The Kier molecular flexibility index (Phi) is 5.53. The Morgan fingerprint density at radius 2 is 1.22 bits per heavy atom. The van der Waals surface area contributed by atoms with Gasteiger partial charge in [0.05, 0.1) is 0 Å². The van der Waals surface area contributed by atoms with Gasteiger partial charge in [0.15, 0.2) is 0 Å². The van der Waals surface area contributed by atoms with E-state index in [0.29, 0.717) is 24.6 Å². The molecule has 0 N–H and O–H groups in total. The van der Waals surface area contributed by atoms with E-state index in [-0.39, 0.29) is 0 Å². The highest BCUT2D eigenvalue weighted by atomic mass is 35.5. The molecule has 0 fully saturated rings. The lowest BCUT2D eigenvalue weighted by Crippen LogP contribution is -2.13. The Balaban J connectivity index is 3.43. The molecule has 0 amide bonds. The van der Waals surface area contributed by atoms with Gasteiger partial charge in [-0.2, -0.15) is 0 Å². The lowest BCUT2D eigenvalue weighted by molar-refractivity contribution is 0.724. The van der Waals surface area contributed by atoms with E-state index in [0.717, 1.165) is 0 Å². The molecule has 0 atom stereocenters. The van der Waals surface area contributed by atoms with Gasteiger partial charge in [0.1, 0.15) is 4.33 Å². The van der Waals surface area contributed by atoms with Crippen molar-refractivity contribution in [3.63, 3.8) is 0 Å². The van der Waals surface area contributed by atoms with Gasteiger partial charge in [0, 0.05) is 11.8 Å². The van der Waals surface area contributed by atoms with Gasteiger partial charge in [-0.1, -0.05) is 0 Å². The molecular formula is C5H8Cl4. The number of halogens is 4. The van der Waals surface area contributed by atoms with Crippen LogP contribution >= 0.6 is 46.4 Å². The lowest BCUT2D eigenvalue weighted by atomic mass is 10.2. The minimum absolute atomic E-state index is 0.476. The van der Waals surface area contributed by atoms with Crippen molar-refractivity contribution < 1.29 is 0 Å². The SMILES string of the molecule is ClCCC(Cl)(Cl)CCCl. The summed E-state index contributed by atoms with van der Waals surface area (Å²) >= 11 is 22.3. The van der Waals surface area contributed by atoms with Crippen LogP contribution in [0.25, 0.3) is 0 Å². The van der Waals surface area contributed by atoms with Crippen LogP contribution in [-0.2, 0) is 0 Å². The second-order valence-electron chi connectivity index (χ2n) is 1.73. The molecule has 0 aromatic heterocycles. The maximum Gasteiger partial charge on any atom is 0.120 e. The van der Waals surface area contributed by atoms with E-state index < -0.39 is 4.33 Å². The van der Waals surface area contributed by atoms with Crippen molar-refractivity contribution >= 4 is 46.4 Å². The van der Waals surface area contributed by atoms with Gasteiger partial charge in [-0.25, -0.2) is 0 Å². The third-order valence-corrected chi connectivity index (χ3v) is 2.05. The second kappa shape index (κ2) is 4.90. The van der Waals surface area contributed by atoms with Gasteiger partial charge in [-0.05, 0) is 12.8 Å². The van der Waals surface area contributed by atoms with Gasteiger partial charge in [-0.3, -0.25) is 0 Å². The van der Waals surface area contributed by atoms with Crippen molar-refractivity contribution in [2.45, 2.75) is 17.2 Å². The van der Waals surface area contributed by atoms with Crippen LogP contribution in [0.4, 0.5) is 0 Å². The summed E-state index contributed by atoms with van der Waals surface area (Å²) in [6.07, 6.45) is 1.18. The standard InChI is InChI=1S/C5H8Cl4/c6-3-1-5(8,9)2-4-7/h1-4H2. The number of alkyl halides is 4. The molecule has 0 unspecified atom stereocenters. The average molecular weight is 210 g/mol. The lowest BCUT2D eigenvalue weighted by Gasteiger charge is -2.15. The Labute approximate surface area is 75.4 Å². The fraction of sp³-hybridized carbons (Fsp3) is 1.00. The zero-order valence-electron chi connectivity index (χ0n) is 4.84. The minimum Gasteiger partial charge on any atom is -0.127 e. The summed E-state index contributed by atoms with van der Waals surface area (Å²) in [5.41, 5.74) is 0. The van der Waals surface area contributed by atoms with Crippen molar-refractivity contribution in [2.24, 2.45) is 0 Å². The largest absolute Gasteiger partial charge is 0.127 e. The first-order valence-electron chi connectivity index (χ1n) is 2.62. The highest BCUT2D eigenvalue weighted by Crippen LogP contribution is 2.29. The third-order valence-electron chi connectivity index (χ3n) is 0.921. The fourth-order valence-corrected chi connectivity index (χ4v) is 1.81. The first kappa shape index (κ1) is 10.2. The number of hydrogen-bond acceptors (Lipinski definition) is 0. The monoisotopic (exact) mass is 208 g/mol. The fourth-order valence-electron chi connectivity index (χ4n) is 0.401. The van der Waals surface area contributed by atoms with Crippen LogP contribution in [0, 0.1) is 0 Å². The van der Waals surface area contributed by atoms with Crippen molar-refractivity contribution in [3.8, 4) is 0 Å². The summed E-state index contributed by atoms with van der Waals surface area (Å²) in [6.45, 7) is 0. The quantitative estimate of drug-likeness (QED) is 0.623. The van der Waals surface area contributed by atoms with E-state index in [2.05, 4.69) is 0 Å². The van der Waals surface area contributed by atoms with Gasteiger partial charge in [0.25, 0.3) is 0 Å². The van der Waals surface area contributed by atoms with Gasteiger partial charge in [-0.15, -0.1) is 46.4 Å². The molecule has 9 heavy (non-hydrogen) atoms. The maximum atomic E-state index is 5.73. The third kappa shape index (κ3) is 5.60. The average Bonchev–Trinajstić information content (AvgIpc) is 1.64. The Morgan fingerprint density at radius 3 is 1.44 bits per heavy atom. The highest BCUT2D eigenvalue weighted by molar-refractivity contribution is 6.48. The van der Waals surface area contributed by atoms with Crippen LogP contribution in [-0.4, -0.2) is 16.1 Å². The van der Waals surface area contributed by atoms with Crippen LogP contribution in [0.5, 0.6) is 0 Å². The topological polar surface area (TPSA) is 0 Å². The van der Waals surface area contributed by atoms with E-state index in [4.69, 9.17) is 46.4 Å². The zero-order valence-corrected chi connectivity index (χ0v) is 7.86. The highest BCUT2D eigenvalue weighted by Gasteiger charge is 2.21. The summed E-state index contributed by atoms with van der Waals surface area (Å²) in [4.78, 5) is 0. The number of hydrogen-bond donors (Lipinski definition) is 0. The van der Waals surface area contributed by atoms with Crippen molar-refractivity contribution in [1.29, 1.82) is 0 Å². The Morgan fingerprint density at radius 1 is 0.889 bits per heavy atom. The first-order valence-corrected chi connectivity index (χ1v) is 4.44. The summed E-state index contributed by atoms with van der Waals surface area (Å²) < 4.78 is -0.719. The van der Waals surface area contributed by atoms with E-state index in [1.807, 2.05) is 0 Å². The molecule has 0 aliphatic heterocycles. The second-order valence-corrected chi connectivity index (χ2v) is 4.13. The molecule has 0 bridgehead atoms. The van der Waals surface area contributed by atoms with E-state index in [1.165, 1.54) is 0 Å². The smallest absolute Gasteiger partial charge is 0.120 e. The van der Waals surface area contributed by atoms with Crippen LogP contribution in [0.1, 0.15) is 12.8 Å². The molecule has 0 aliphatic rings. The summed E-state index contributed by atoms with van der Waals surface area (Å²) in [7, 11) is 0. The molecule has 0 nitrogen and oxygen atoms in total. The molecular weight excluding hydrogens is 202 g/mol. The molecule has 0 heterocycles. The van der Waals surface area contributed by atoms with E-state index in [1.54, 1.807) is 0 Å². The predicted molar refractivity (Wildman–Crippen MR) is 45.1 cm³/mol. The van der Waals surface area contributed by atoms with Crippen molar-refractivity contribution in [2.75, 3.05) is 11.8 Å². The molecule has 0 aromatic carbocycles. The summed E-state index contributed by atoms with van der Waals surface area (Å²) in [6, 6.07) is 0. The Bertz CT molecular complexity index is 63.4. The van der Waals surface area contributed by atoms with E-state index in [9.17, 15) is 0 Å². The molecule has 0 aliphatic carbocycles. The van der Waals surface area contributed by atoms with E-state index >= 15 is 0 Å². The number of rotatable bonds is 4. The van der Waals surface area contributed by atoms with Crippen molar-refractivity contribution in [3.05, 3.63) is 0 Å². The van der Waals surface area contributed by atoms with Crippen LogP contribution in [0.15, 0.2) is 0 Å². The van der Waals surface area contributed by atoms with Crippen LogP contribution in [0.3, 0.4) is 0 Å². The molecule has 0 rings (SSSR count). The minimum atomic E-state index is -0.719. The van der Waals surface area contributed by atoms with Gasteiger partial charge >= 0.3 is 0 Å². The normalized spacial score (nSPS) is 12.0. The predicted octanol–water partition coefficient (Wildman–Crippen LogP) is 3.42. The van der Waals surface area contributed by atoms with Gasteiger partial charge < -0.3 is 0 Å². The molecule has 0 aromatic rings. The van der Waals surface area contributed by atoms with Gasteiger partial charge in [0.2, 0.25) is 0 Å². The van der Waals surface area contributed by atoms with Crippen molar-refractivity contribution in [1.82, 2.24) is 0 Å². The molecule has 0 spiro atoms. The molecule has 0 saturated carbocycles. The Hall–Kier alpha value is 1.16. The first-order chi connectivity index (χ1) is 4.12.